The number of carbonyl (C=O) groups excluding carboxylic acids is 1. The monoisotopic (exact) mass is 268 g/mol. The molecule has 1 fully saturated rings. The van der Waals surface area contributed by atoms with Crippen LogP contribution >= 0.6 is 0 Å². The summed E-state index contributed by atoms with van der Waals surface area (Å²) in [5, 5.41) is 10.8. The Labute approximate surface area is 136 Å². The van der Waals surface area contributed by atoms with E-state index in [0.29, 0.717) is 5.92 Å². The van der Waals surface area contributed by atoms with Crippen molar-refractivity contribution >= 4 is 5.97 Å². The predicted molar refractivity (Wildman–Crippen MR) is 49.8 cm³/mol. The van der Waals surface area contributed by atoms with Crippen molar-refractivity contribution in [3.05, 3.63) is 0 Å². The first kappa shape index (κ1) is 15.3. The molecule has 0 aliphatic heterocycles. The van der Waals surface area contributed by atoms with Crippen molar-refractivity contribution in [1.29, 1.82) is 0 Å². The van der Waals surface area contributed by atoms with Crippen molar-refractivity contribution in [2.24, 2.45) is 22.7 Å². The second-order valence-corrected chi connectivity index (χ2v) is 5.85. The molecular formula is C11H19O2Rb. The van der Waals surface area contributed by atoms with E-state index in [0.717, 1.165) is 6.42 Å². The third kappa shape index (κ3) is 2.69. The van der Waals surface area contributed by atoms with Gasteiger partial charge in [0.25, 0.3) is 0 Å². The summed E-state index contributed by atoms with van der Waals surface area (Å²) in [5.41, 5.74) is 0.104. The second kappa shape index (κ2) is 4.64. The summed E-state index contributed by atoms with van der Waals surface area (Å²) in [5.74, 6) is -0.648. The summed E-state index contributed by atoms with van der Waals surface area (Å²) >= 11 is 0. The number of hydrogen-bond acceptors (Lipinski definition) is 2. The predicted octanol–water partition coefficient (Wildman–Crippen LogP) is -1.55. The first-order chi connectivity index (χ1) is 5.67. The molecule has 0 amide bonds. The van der Waals surface area contributed by atoms with Gasteiger partial charge in [-0.25, -0.2) is 0 Å². The van der Waals surface area contributed by atoms with Crippen molar-refractivity contribution in [3.8, 4) is 0 Å². The average molecular weight is 269 g/mol. The molecule has 0 bridgehead atoms. The molecule has 76 valence electrons. The maximum absolute atomic E-state index is 10.8. The largest absolute Gasteiger partial charge is 1.00 e. The van der Waals surface area contributed by atoms with Crippen molar-refractivity contribution in [2.75, 3.05) is 0 Å². The molecule has 0 radical (unpaired) electrons. The molecule has 1 rings (SSSR count). The van der Waals surface area contributed by atoms with Gasteiger partial charge in [-0.3, -0.25) is 0 Å². The third-order valence-corrected chi connectivity index (χ3v) is 3.60. The molecule has 0 heterocycles. The van der Waals surface area contributed by atoms with Crippen LogP contribution < -0.4 is 63.3 Å². The molecule has 1 aliphatic carbocycles. The fourth-order valence-corrected chi connectivity index (χ4v) is 2.80. The summed E-state index contributed by atoms with van der Waals surface area (Å²) in [6.45, 7) is 10.6. The topological polar surface area (TPSA) is 40.1 Å². The van der Waals surface area contributed by atoms with Gasteiger partial charge in [0.05, 0.1) is 0 Å². The first-order valence-corrected chi connectivity index (χ1v) is 4.88. The van der Waals surface area contributed by atoms with Crippen LogP contribution in [0.3, 0.4) is 0 Å². The first-order valence-electron chi connectivity index (χ1n) is 4.88. The average Bonchev–Trinajstić information content (AvgIpc) is 1.80. The maximum Gasteiger partial charge on any atom is 1.00 e. The van der Waals surface area contributed by atoms with E-state index in [9.17, 15) is 9.90 Å². The number of carboxylic acids is 1. The fraction of sp³-hybridized carbons (Fsp3) is 0.909. The van der Waals surface area contributed by atoms with Gasteiger partial charge < -0.3 is 9.90 Å². The SMILES string of the molecule is CC(C)(C)C1CC(C(=O)[O-])C1(C)C.[Rb+]. The van der Waals surface area contributed by atoms with Gasteiger partial charge in [0.2, 0.25) is 0 Å². The van der Waals surface area contributed by atoms with Gasteiger partial charge in [-0.2, -0.15) is 0 Å². The number of aliphatic carboxylic acids is 1. The normalized spacial score (nSPS) is 30.1. The van der Waals surface area contributed by atoms with Crippen LogP contribution in [0.1, 0.15) is 41.0 Å². The Hall–Kier alpha value is 1.28. The van der Waals surface area contributed by atoms with Crippen LogP contribution in [-0.4, -0.2) is 5.97 Å². The van der Waals surface area contributed by atoms with E-state index in [1.807, 2.05) is 13.8 Å². The molecule has 3 heteroatoms. The van der Waals surface area contributed by atoms with Crippen molar-refractivity contribution in [1.82, 2.24) is 0 Å². The van der Waals surface area contributed by atoms with Crippen LogP contribution in [0.25, 0.3) is 0 Å². The number of rotatable bonds is 1. The van der Waals surface area contributed by atoms with Crippen molar-refractivity contribution in [3.63, 3.8) is 0 Å². The van der Waals surface area contributed by atoms with Crippen LogP contribution in [0.4, 0.5) is 0 Å². The van der Waals surface area contributed by atoms with Crippen LogP contribution in [-0.2, 0) is 4.79 Å². The molecule has 1 saturated carbocycles. The minimum Gasteiger partial charge on any atom is -0.550 e. The summed E-state index contributed by atoms with van der Waals surface area (Å²) in [6, 6.07) is 0. The maximum atomic E-state index is 10.8. The Morgan fingerprint density at radius 2 is 1.79 bits per heavy atom. The van der Waals surface area contributed by atoms with Crippen molar-refractivity contribution in [2.45, 2.75) is 41.0 Å². The fourth-order valence-electron chi connectivity index (χ4n) is 2.80. The van der Waals surface area contributed by atoms with E-state index < -0.39 is 5.97 Å². The van der Waals surface area contributed by atoms with Gasteiger partial charge in [0, 0.05) is 11.9 Å². The van der Waals surface area contributed by atoms with E-state index in [1.165, 1.54) is 0 Å². The van der Waals surface area contributed by atoms with E-state index >= 15 is 0 Å². The molecular weight excluding hydrogens is 250 g/mol. The number of hydrogen-bond donors (Lipinski definition) is 0. The van der Waals surface area contributed by atoms with Gasteiger partial charge in [-0.1, -0.05) is 34.6 Å². The van der Waals surface area contributed by atoms with Crippen LogP contribution in [0.2, 0.25) is 0 Å². The summed E-state index contributed by atoms with van der Waals surface area (Å²) < 4.78 is 0. The van der Waals surface area contributed by atoms with E-state index in [4.69, 9.17) is 0 Å². The molecule has 1 aliphatic rings. The van der Waals surface area contributed by atoms with E-state index in [2.05, 4.69) is 20.8 Å². The zero-order chi connectivity index (χ0) is 10.4. The minimum absolute atomic E-state index is 0. The summed E-state index contributed by atoms with van der Waals surface area (Å²) in [6.07, 6.45) is 0.777. The minimum atomic E-state index is -0.884. The molecule has 0 saturated heterocycles. The van der Waals surface area contributed by atoms with E-state index in [1.54, 1.807) is 0 Å². The zero-order valence-electron chi connectivity index (χ0n) is 10.2. The zero-order valence-corrected chi connectivity index (χ0v) is 15.1. The van der Waals surface area contributed by atoms with Crippen LogP contribution in [0.15, 0.2) is 0 Å². The Kier molecular flexibility index (Phi) is 5.07. The third-order valence-electron chi connectivity index (χ3n) is 3.60. The standard InChI is InChI=1S/C11H20O2.Rb/c1-10(2,3)8-6-7(9(12)13)11(8,4)5;/h7-8H,6H2,1-5H3,(H,12,13);/q;+1/p-1. The summed E-state index contributed by atoms with van der Waals surface area (Å²) in [4.78, 5) is 10.8. The molecule has 2 atom stereocenters. The molecule has 2 nitrogen and oxygen atoms in total. The van der Waals surface area contributed by atoms with Gasteiger partial charge in [0.15, 0.2) is 0 Å². The van der Waals surface area contributed by atoms with Crippen LogP contribution in [0.5, 0.6) is 0 Å². The Morgan fingerprint density at radius 3 is 2.00 bits per heavy atom. The molecule has 0 aromatic heterocycles. The van der Waals surface area contributed by atoms with Crippen LogP contribution in [0, 0.1) is 22.7 Å². The Morgan fingerprint density at radius 1 is 1.36 bits per heavy atom. The molecule has 2 unspecified atom stereocenters. The smallest absolute Gasteiger partial charge is 0.550 e. The summed E-state index contributed by atoms with van der Waals surface area (Å²) in [7, 11) is 0. The molecule has 0 aromatic rings. The Balaban J connectivity index is 0.00000169. The quantitative estimate of drug-likeness (QED) is 0.578. The molecule has 0 aromatic carbocycles. The number of carboxylic acid groups (broad SMARTS) is 1. The van der Waals surface area contributed by atoms with Gasteiger partial charge in [-0.15, -0.1) is 0 Å². The molecule has 0 spiro atoms. The number of carbonyl (C=O) groups is 1. The Bertz CT molecular complexity index is 228. The second-order valence-electron chi connectivity index (χ2n) is 5.85. The van der Waals surface area contributed by atoms with Gasteiger partial charge in [0.1, 0.15) is 0 Å². The van der Waals surface area contributed by atoms with Crippen molar-refractivity contribution < 1.29 is 68.1 Å². The van der Waals surface area contributed by atoms with Gasteiger partial charge >= 0.3 is 58.2 Å². The van der Waals surface area contributed by atoms with E-state index in [-0.39, 0.29) is 74.9 Å². The molecule has 0 N–H and O–H groups in total. The molecule has 14 heavy (non-hydrogen) atoms. The van der Waals surface area contributed by atoms with Gasteiger partial charge in [-0.05, 0) is 23.2 Å².